The maximum Gasteiger partial charge on any atom is 0.272 e. The molecule has 0 aromatic carbocycles. The van der Waals surface area contributed by atoms with Crippen molar-refractivity contribution in [2.45, 2.75) is 32.7 Å². The lowest BCUT2D eigenvalue weighted by molar-refractivity contribution is 0.0582. The molecule has 4 heterocycles. The number of hydrogen-bond acceptors (Lipinski definition) is 4. The van der Waals surface area contributed by atoms with Gasteiger partial charge in [-0.2, -0.15) is 0 Å². The molecule has 0 aliphatic carbocycles. The van der Waals surface area contributed by atoms with Crippen molar-refractivity contribution in [2.75, 3.05) is 26.2 Å². The van der Waals surface area contributed by atoms with E-state index >= 15 is 0 Å². The zero-order chi connectivity index (χ0) is 18.0. The van der Waals surface area contributed by atoms with E-state index in [2.05, 4.69) is 20.9 Å². The Bertz CT molecular complexity index is 769. The molecule has 26 heavy (non-hydrogen) atoms. The second-order valence-electron chi connectivity index (χ2n) is 7.78. The van der Waals surface area contributed by atoms with E-state index in [0.717, 1.165) is 51.3 Å². The van der Waals surface area contributed by atoms with Crippen molar-refractivity contribution >= 4 is 5.91 Å². The maximum atomic E-state index is 12.7. The van der Waals surface area contributed by atoms with Crippen LogP contribution in [0.25, 0.3) is 0 Å². The highest BCUT2D eigenvalue weighted by Gasteiger charge is 2.41. The van der Waals surface area contributed by atoms with Crippen LogP contribution in [0.4, 0.5) is 0 Å². The fourth-order valence-electron chi connectivity index (χ4n) is 4.33. The molecule has 1 spiro atoms. The third-order valence-electron chi connectivity index (χ3n) is 5.87. The number of piperidine rings is 1. The molecule has 2 fully saturated rings. The summed E-state index contributed by atoms with van der Waals surface area (Å²) in [5, 5.41) is 0. The molecule has 2 aromatic rings. The summed E-state index contributed by atoms with van der Waals surface area (Å²) in [6.45, 7) is 6.86. The summed E-state index contributed by atoms with van der Waals surface area (Å²) in [6.07, 6.45) is 7.20. The molecule has 2 aromatic heterocycles. The Morgan fingerprint density at radius 3 is 2.65 bits per heavy atom. The second kappa shape index (κ2) is 7.16. The Hall–Kier alpha value is -2.27. The van der Waals surface area contributed by atoms with Crippen molar-refractivity contribution in [1.82, 2.24) is 19.8 Å². The zero-order valence-electron chi connectivity index (χ0n) is 15.4. The molecule has 5 nitrogen and oxygen atoms in total. The minimum Gasteiger partial charge on any atom is -0.337 e. The Morgan fingerprint density at radius 1 is 1.12 bits per heavy atom. The summed E-state index contributed by atoms with van der Waals surface area (Å²) < 4.78 is 0. The summed E-state index contributed by atoms with van der Waals surface area (Å²) in [4.78, 5) is 25.8. The standard InChI is InChI=1S/C21H26N4O/c1-17-4-2-6-19(23-17)20(26)25-12-8-21(9-13-25)7-11-24(16-21)15-18-5-3-10-22-14-18/h2-6,10,14H,7-9,11-13,15-16H2,1H3. The third-order valence-corrected chi connectivity index (χ3v) is 5.87. The third kappa shape index (κ3) is 3.63. The number of amides is 1. The molecule has 136 valence electrons. The molecule has 0 bridgehead atoms. The SMILES string of the molecule is Cc1cccc(C(=O)N2CCC3(CCN(Cc4cccnc4)C3)CC2)n1. The van der Waals surface area contributed by atoms with Gasteiger partial charge in [0, 0.05) is 44.3 Å². The smallest absolute Gasteiger partial charge is 0.272 e. The van der Waals surface area contributed by atoms with Crippen molar-refractivity contribution in [3.8, 4) is 0 Å². The molecule has 0 saturated carbocycles. The number of pyridine rings is 2. The number of carbonyl (C=O) groups excluding carboxylic acids is 1. The molecule has 5 heteroatoms. The lowest BCUT2D eigenvalue weighted by Crippen LogP contribution is -2.44. The highest BCUT2D eigenvalue weighted by atomic mass is 16.2. The number of hydrogen-bond donors (Lipinski definition) is 0. The van der Waals surface area contributed by atoms with E-state index in [1.807, 2.05) is 48.5 Å². The molecule has 4 rings (SSSR count). The van der Waals surface area contributed by atoms with Gasteiger partial charge in [0.15, 0.2) is 0 Å². The van der Waals surface area contributed by atoms with Crippen LogP contribution in [0.3, 0.4) is 0 Å². The predicted octanol–water partition coefficient (Wildman–Crippen LogP) is 2.91. The first-order valence-corrected chi connectivity index (χ1v) is 9.48. The summed E-state index contributed by atoms with van der Waals surface area (Å²) in [5.74, 6) is 0.0776. The van der Waals surface area contributed by atoms with Gasteiger partial charge in [-0.15, -0.1) is 0 Å². The minimum absolute atomic E-state index is 0.0776. The largest absolute Gasteiger partial charge is 0.337 e. The molecule has 0 atom stereocenters. The van der Waals surface area contributed by atoms with Crippen molar-refractivity contribution in [3.63, 3.8) is 0 Å². The van der Waals surface area contributed by atoms with E-state index in [4.69, 9.17) is 0 Å². The van der Waals surface area contributed by atoms with Crippen LogP contribution >= 0.6 is 0 Å². The number of rotatable bonds is 3. The predicted molar refractivity (Wildman–Crippen MR) is 101 cm³/mol. The van der Waals surface area contributed by atoms with Crippen molar-refractivity contribution in [1.29, 1.82) is 0 Å². The zero-order valence-corrected chi connectivity index (χ0v) is 15.4. The first kappa shape index (κ1) is 17.2. The van der Waals surface area contributed by atoms with Crippen LogP contribution in [-0.4, -0.2) is 51.9 Å². The molecule has 2 aliphatic rings. The molecule has 0 radical (unpaired) electrons. The lowest BCUT2D eigenvalue weighted by atomic mass is 9.77. The lowest BCUT2D eigenvalue weighted by Gasteiger charge is -2.39. The van der Waals surface area contributed by atoms with Gasteiger partial charge >= 0.3 is 0 Å². The van der Waals surface area contributed by atoms with Crippen LogP contribution in [0.2, 0.25) is 0 Å². The monoisotopic (exact) mass is 350 g/mol. The van der Waals surface area contributed by atoms with Gasteiger partial charge in [0.2, 0.25) is 0 Å². The maximum absolute atomic E-state index is 12.7. The molecule has 2 saturated heterocycles. The van der Waals surface area contributed by atoms with Gasteiger partial charge < -0.3 is 4.90 Å². The number of likely N-dealkylation sites (tertiary alicyclic amines) is 2. The van der Waals surface area contributed by atoms with Crippen LogP contribution in [0.1, 0.15) is 41.0 Å². The quantitative estimate of drug-likeness (QED) is 0.854. The first-order valence-electron chi connectivity index (χ1n) is 9.48. The fourth-order valence-corrected chi connectivity index (χ4v) is 4.33. The Labute approximate surface area is 155 Å². The van der Waals surface area contributed by atoms with Crippen LogP contribution in [0.5, 0.6) is 0 Å². The number of nitrogens with zero attached hydrogens (tertiary/aromatic N) is 4. The number of carbonyl (C=O) groups is 1. The average Bonchev–Trinajstić information content (AvgIpc) is 3.05. The number of aromatic nitrogens is 2. The van der Waals surface area contributed by atoms with E-state index in [-0.39, 0.29) is 5.91 Å². The van der Waals surface area contributed by atoms with E-state index in [1.54, 1.807) is 0 Å². The van der Waals surface area contributed by atoms with E-state index < -0.39 is 0 Å². The molecule has 0 N–H and O–H groups in total. The fraction of sp³-hybridized carbons (Fsp3) is 0.476. The number of aryl methyl sites for hydroxylation is 1. The van der Waals surface area contributed by atoms with Crippen LogP contribution in [0.15, 0.2) is 42.7 Å². The van der Waals surface area contributed by atoms with Crippen LogP contribution in [0, 0.1) is 12.3 Å². The Balaban J connectivity index is 1.34. The summed E-state index contributed by atoms with van der Waals surface area (Å²) in [7, 11) is 0. The van der Waals surface area contributed by atoms with Crippen molar-refractivity contribution in [3.05, 3.63) is 59.7 Å². The molecular formula is C21H26N4O. The molecule has 0 unspecified atom stereocenters. The van der Waals surface area contributed by atoms with Gasteiger partial charge in [-0.25, -0.2) is 4.98 Å². The molecule has 2 aliphatic heterocycles. The van der Waals surface area contributed by atoms with Gasteiger partial charge in [0.05, 0.1) is 0 Å². The van der Waals surface area contributed by atoms with Gasteiger partial charge in [0.25, 0.3) is 5.91 Å². The van der Waals surface area contributed by atoms with Crippen molar-refractivity contribution in [2.24, 2.45) is 5.41 Å². The van der Waals surface area contributed by atoms with Gasteiger partial charge in [0.1, 0.15) is 5.69 Å². The summed E-state index contributed by atoms with van der Waals surface area (Å²) >= 11 is 0. The van der Waals surface area contributed by atoms with Gasteiger partial charge in [-0.1, -0.05) is 12.1 Å². The Kier molecular flexibility index (Phi) is 4.72. The Morgan fingerprint density at radius 2 is 1.92 bits per heavy atom. The van der Waals surface area contributed by atoms with Crippen LogP contribution < -0.4 is 0 Å². The van der Waals surface area contributed by atoms with E-state index in [0.29, 0.717) is 11.1 Å². The first-order chi connectivity index (χ1) is 12.6. The average molecular weight is 350 g/mol. The van der Waals surface area contributed by atoms with Crippen molar-refractivity contribution < 1.29 is 4.79 Å². The van der Waals surface area contributed by atoms with Gasteiger partial charge in [-0.05, 0) is 61.9 Å². The van der Waals surface area contributed by atoms with E-state index in [1.165, 1.54) is 12.0 Å². The molecule has 1 amide bonds. The summed E-state index contributed by atoms with van der Waals surface area (Å²) in [6, 6.07) is 9.81. The highest BCUT2D eigenvalue weighted by Crippen LogP contribution is 2.41. The van der Waals surface area contributed by atoms with Gasteiger partial charge in [-0.3, -0.25) is 14.7 Å². The topological polar surface area (TPSA) is 49.3 Å². The van der Waals surface area contributed by atoms with Crippen LogP contribution in [-0.2, 0) is 6.54 Å². The van der Waals surface area contributed by atoms with E-state index in [9.17, 15) is 4.79 Å². The minimum atomic E-state index is 0.0776. The molecular weight excluding hydrogens is 324 g/mol. The highest BCUT2D eigenvalue weighted by molar-refractivity contribution is 5.92. The normalized spacial score (nSPS) is 19.8. The summed E-state index contributed by atoms with van der Waals surface area (Å²) in [5.41, 5.74) is 3.12. The second-order valence-corrected chi connectivity index (χ2v) is 7.78.